The fourth-order valence-corrected chi connectivity index (χ4v) is 2.99. The molecule has 4 rings (SSSR count). The molecule has 1 aliphatic heterocycles. The molecule has 0 bridgehead atoms. The minimum absolute atomic E-state index is 0.159. The Morgan fingerprint density at radius 1 is 1.10 bits per heavy atom. The van der Waals surface area contributed by atoms with Crippen LogP contribution in [0.3, 0.4) is 0 Å². The number of rotatable bonds is 4. The molecule has 1 aromatic heterocycles. The topological polar surface area (TPSA) is 84.8 Å². The van der Waals surface area contributed by atoms with Gasteiger partial charge >= 0.3 is 0 Å². The molecule has 0 saturated carbocycles. The largest absolute Gasteiger partial charge is 0.454 e. The van der Waals surface area contributed by atoms with Gasteiger partial charge in [0, 0.05) is 23.6 Å². The maximum absolute atomic E-state index is 12.9. The monoisotopic (exact) mass is 402 g/mol. The van der Waals surface area contributed by atoms with Gasteiger partial charge in [0.1, 0.15) is 0 Å². The second-order valence-electron chi connectivity index (χ2n) is 6.99. The summed E-state index contributed by atoms with van der Waals surface area (Å²) in [5, 5.41) is 6.13. The number of nitrogens with zero attached hydrogens (tertiary/aromatic N) is 2. The Morgan fingerprint density at radius 2 is 1.97 bits per heavy atom. The molecule has 2 heterocycles. The van der Waals surface area contributed by atoms with E-state index in [9.17, 15) is 4.79 Å². The van der Waals surface area contributed by atoms with Crippen LogP contribution in [0.25, 0.3) is 0 Å². The summed E-state index contributed by atoms with van der Waals surface area (Å²) in [6.07, 6.45) is 3.46. The molecule has 2 N–H and O–H groups in total. The van der Waals surface area contributed by atoms with Gasteiger partial charge < -0.3 is 14.8 Å². The normalized spacial score (nSPS) is 12.5. The number of ether oxygens (including phenoxy) is 2. The van der Waals surface area contributed by atoms with E-state index in [2.05, 4.69) is 20.6 Å². The second-order valence-corrected chi connectivity index (χ2v) is 6.99. The lowest BCUT2D eigenvalue weighted by atomic mass is 10.1. The number of pyridine rings is 1. The van der Waals surface area contributed by atoms with E-state index in [4.69, 9.17) is 9.47 Å². The molecule has 3 aromatic rings. The molecule has 0 spiro atoms. The van der Waals surface area contributed by atoms with Crippen molar-refractivity contribution in [2.24, 2.45) is 4.99 Å². The minimum Gasteiger partial charge on any atom is -0.454 e. The molecule has 7 heteroatoms. The molecular weight excluding hydrogens is 380 g/mol. The first-order chi connectivity index (χ1) is 14.6. The molecule has 1 amide bonds. The molecule has 0 unspecified atom stereocenters. The van der Waals surface area contributed by atoms with Crippen molar-refractivity contribution in [1.82, 2.24) is 10.3 Å². The second kappa shape index (κ2) is 8.65. The molecule has 0 radical (unpaired) electrons. The van der Waals surface area contributed by atoms with Crippen LogP contribution in [0.5, 0.6) is 11.5 Å². The van der Waals surface area contributed by atoms with Crippen molar-refractivity contribution in [2.75, 3.05) is 12.1 Å². The molecule has 0 fully saturated rings. The minimum atomic E-state index is -0.295. The Bertz CT molecular complexity index is 1100. The SMILES string of the molecule is Cc1ccc(C)c(NC(=NCc2cccnc2)NC(=O)c2ccc3c(c2)OCO3)c1. The zero-order valence-electron chi connectivity index (χ0n) is 16.8. The number of anilines is 1. The van der Waals surface area contributed by atoms with Gasteiger partial charge in [-0.1, -0.05) is 18.2 Å². The molecule has 0 atom stereocenters. The van der Waals surface area contributed by atoms with E-state index in [-0.39, 0.29) is 12.7 Å². The average Bonchev–Trinajstić information content (AvgIpc) is 3.23. The van der Waals surface area contributed by atoms with E-state index in [0.717, 1.165) is 22.4 Å². The fraction of sp³-hybridized carbons (Fsp3) is 0.174. The third-order valence-corrected chi connectivity index (χ3v) is 4.66. The van der Waals surface area contributed by atoms with Crippen molar-refractivity contribution >= 4 is 17.6 Å². The molecular formula is C23H22N4O3. The van der Waals surface area contributed by atoms with Crippen molar-refractivity contribution < 1.29 is 14.3 Å². The molecule has 0 saturated heterocycles. The van der Waals surface area contributed by atoms with E-state index in [1.54, 1.807) is 30.6 Å². The number of carbonyl (C=O) groups is 1. The highest BCUT2D eigenvalue weighted by Crippen LogP contribution is 2.32. The number of benzene rings is 2. The van der Waals surface area contributed by atoms with Crippen LogP contribution in [0.2, 0.25) is 0 Å². The van der Waals surface area contributed by atoms with E-state index in [1.807, 2.05) is 44.2 Å². The Labute approximate surface area is 174 Å². The summed E-state index contributed by atoms with van der Waals surface area (Å²) < 4.78 is 10.7. The van der Waals surface area contributed by atoms with Crippen molar-refractivity contribution in [2.45, 2.75) is 20.4 Å². The number of hydrogen-bond acceptors (Lipinski definition) is 5. The number of aryl methyl sites for hydroxylation is 2. The molecule has 30 heavy (non-hydrogen) atoms. The van der Waals surface area contributed by atoms with Crippen molar-refractivity contribution in [3.63, 3.8) is 0 Å². The fourth-order valence-electron chi connectivity index (χ4n) is 2.99. The number of fused-ring (bicyclic) bond motifs is 1. The lowest BCUT2D eigenvalue weighted by molar-refractivity contribution is 0.0976. The summed E-state index contributed by atoms with van der Waals surface area (Å²) in [5.41, 5.74) is 4.43. The predicted octanol–water partition coefficient (Wildman–Crippen LogP) is 3.83. The first-order valence-corrected chi connectivity index (χ1v) is 9.57. The molecule has 7 nitrogen and oxygen atoms in total. The summed E-state index contributed by atoms with van der Waals surface area (Å²) in [6.45, 7) is 4.55. The van der Waals surface area contributed by atoms with Gasteiger partial charge in [0.2, 0.25) is 12.8 Å². The molecule has 0 aliphatic carbocycles. The number of nitrogens with one attached hydrogen (secondary N) is 2. The van der Waals surface area contributed by atoms with Crippen LogP contribution in [0, 0.1) is 13.8 Å². The van der Waals surface area contributed by atoms with Crippen LogP contribution >= 0.6 is 0 Å². The summed E-state index contributed by atoms with van der Waals surface area (Å²) in [4.78, 5) is 21.6. The summed E-state index contributed by atoms with van der Waals surface area (Å²) >= 11 is 0. The third-order valence-electron chi connectivity index (χ3n) is 4.66. The Hall–Kier alpha value is -3.87. The molecule has 2 aromatic carbocycles. The standard InChI is InChI=1S/C23H22N4O3/c1-15-5-6-16(2)19(10-15)26-23(25-13-17-4-3-9-24-12-17)27-22(28)18-7-8-20-21(11-18)30-14-29-20/h3-12H,13-14H2,1-2H3,(H2,25,26,27,28). The van der Waals surface area contributed by atoms with Crippen LogP contribution < -0.4 is 20.1 Å². The van der Waals surface area contributed by atoms with E-state index in [1.165, 1.54) is 0 Å². The number of aliphatic imine (C=N–C) groups is 1. The maximum Gasteiger partial charge on any atom is 0.258 e. The van der Waals surface area contributed by atoms with Crippen molar-refractivity contribution in [1.29, 1.82) is 0 Å². The lowest BCUT2D eigenvalue weighted by Gasteiger charge is -2.14. The van der Waals surface area contributed by atoms with Gasteiger partial charge in [-0.3, -0.25) is 15.1 Å². The highest BCUT2D eigenvalue weighted by molar-refractivity contribution is 6.10. The van der Waals surface area contributed by atoms with Gasteiger partial charge in [-0.05, 0) is 60.9 Å². The Balaban J connectivity index is 1.57. The van der Waals surface area contributed by atoms with Crippen LogP contribution in [0.4, 0.5) is 5.69 Å². The summed E-state index contributed by atoms with van der Waals surface area (Å²) in [6, 6.07) is 14.9. The van der Waals surface area contributed by atoms with Crippen LogP contribution in [-0.4, -0.2) is 23.6 Å². The highest BCUT2D eigenvalue weighted by atomic mass is 16.7. The van der Waals surface area contributed by atoms with Gasteiger partial charge in [0.05, 0.1) is 6.54 Å². The Morgan fingerprint density at radius 3 is 2.80 bits per heavy atom. The van der Waals surface area contributed by atoms with Crippen LogP contribution in [0.15, 0.2) is 65.9 Å². The number of aromatic nitrogens is 1. The van der Waals surface area contributed by atoms with E-state index in [0.29, 0.717) is 29.6 Å². The molecule has 1 aliphatic rings. The van der Waals surface area contributed by atoms with Crippen molar-refractivity contribution in [3.05, 3.63) is 83.2 Å². The number of carbonyl (C=O) groups excluding carboxylic acids is 1. The number of hydrogen-bond donors (Lipinski definition) is 2. The smallest absolute Gasteiger partial charge is 0.258 e. The van der Waals surface area contributed by atoms with Crippen LogP contribution in [-0.2, 0) is 6.54 Å². The maximum atomic E-state index is 12.9. The van der Waals surface area contributed by atoms with Crippen molar-refractivity contribution in [3.8, 4) is 11.5 Å². The highest BCUT2D eigenvalue weighted by Gasteiger charge is 2.17. The van der Waals surface area contributed by atoms with Gasteiger partial charge in [-0.2, -0.15) is 0 Å². The zero-order chi connectivity index (χ0) is 20.9. The lowest BCUT2D eigenvalue weighted by Crippen LogP contribution is -2.36. The number of amides is 1. The first kappa shape index (κ1) is 19.4. The first-order valence-electron chi connectivity index (χ1n) is 9.57. The molecule has 152 valence electrons. The van der Waals surface area contributed by atoms with Gasteiger partial charge in [0.15, 0.2) is 11.5 Å². The van der Waals surface area contributed by atoms with Crippen LogP contribution in [0.1, 0.15) is 27.0 Å². The predicted molar refractivity (Wildman–Crippen MR) is 115 cm³/mol. The van der Waals surface area contributed by atoms with Gasteiger partial charge in [0.25, 0.3) is 5.91 Å². The average molecular weight is 402 g/mol. The summed E-state index contributed by atoms with van der Waals surface area (Å²) in [7, 11) is 0. The van der Waals surface area contributed by atoms with Gasteiger partial charge in [-0.15, -0.1) is 0 Å². The van der Waals surface area contributed by atoms with Gasteiger partial charge in [-0.25, -0.2) is 4.99 Å². The van der Waals surface area contributed by atoms with E-state index < -0.39 is 0 Å². The Kier molecular flexibility index (Phi) is 5.61. The number of guanidine groups is 1. The zero-order valence-corrected chi connectivity index (χ0v) is 16.8. The van der Waals surface area contributed by atoms with E-state index >= 15 is 0 Å². The third kappa shape index (κ3) is 4.57. The quantitative estimate of drug-likeness (QED) is 0.512. The summed E-state index contributed by atoms with van der Waals surface area (Å²) in [5.74, 6) is 1.25.